The van der Waals surface area contributed by atoms with Crippen LogP contribution in [0.5, 0.6) is 0 Å². The number of nitrogens with zero attached hydrogens (tertiary/aromatic N) is 5. The fourth-order valence-electron chi connectivity index (χ4n) is 4.82. The third-order valence-corrected chi connectivity index (χ3v) is 6.86. The van der Waals surface area contributed by atoms with Crippen molar-refractivity contribution in [3.63, 3.8) is 0 Å². The van der Waals surface area contributed by atoms with Crippen molar-refractivity contribution < 1.29 is 0 Å². The Bertz CT molecular complexity index is 1400. The second kappa shape index (κ2) is 8.12. The van der Waals surface area contributed by atoms with E-state index in [1.165, 1.54) is 30.4 Å². The first-order valence-corrected chi connectivity index (χ1v) is 11.8. The Morgan fingerprint density at radius 3 is 2.88 bits per heavy atom. The Kier molecular flexibility index (Phi) is 4.95. The topological polar surface area (TPSA) is 89.7 Å². The summed E-state index contributed by atoms with van der Waals surface area (Å²) >= 11 is 0. The maximum absolute atomic E-state index is 13.1. The van der Waals surface area contributed by atoms with E-state index in [0.717, 1.165) is 36.6 Å². The molecule has 33 heavy (non-hydrogen) atoms. The SMILES string of the molecule is CCn1c(=O)c2cnc(Nc3ccc4c(c3)CNCC4)nc2n1-c1ccnc(C2CCC2)c1. The van der Waals surface area contributed by atoms with Gasteiger partial charge in [0, 0.05) is 42.8 Å². The summed E-state index contributed by atoms with van der Waals surface area (Å²) in [6.07, 6.45) is 8.11. The van der Waals surface area contributed by atoms with Gasteiger partial charge in [-0.15, -0.1) is 0 Å². The van der Waals surface area contributed by atoms with Crippen LogP contribution in [0.3, 0.4) is 0 Å². The molecular weight excluding hydrogens is 414 g/mol. The lowest BCUT2D eigenvalue weighted by molar-refractivity contribution is 0.411. The molecule has 4 aromatic rings. The van der Waals surface area contributed by atoms with Crippen LogP contribution in [-0.4, -0.2) is 30.9 Å². The number of hydrogen-bond acceptors (Lipinski definition) is 6. The minimum atomic E-state index is -0.0825. The van der Waals surface area contributed by atoms with Gasteiger partial charge in [0.2, 0.25) is 5.95 Å². The second-order valence-corrected chi connectivity index (χ2v) is 8.87. The van der Waals surface area contributed by atoms with Crippen LogP contribution in [-0.2, 0) is 19.5 Å². The van der Waals surface area contributed by atoms with E-state index in [2.05, 4.69) is 44.9 Å². The molecular formula is C25H27N7O. The highest BCUT2D eigenvalue weighted by Crippen LogP contribution is 2.35. The summed E-state index contributed by atoms with van der Waals surface area (Å²) in [4.78, 5) is 26.9. The summed E-state index contributed by atoms with van der Waals surface area (Å²) in [5.41, 5.74) is 6.13. The fraction of sp³-hybridized carbons (Fsp3) is 0.360. The molecule has 0 atom stereocenters. The minimum absolute atomic E-state index is 0.0825. The average molecular weight is 442 g/mol. The van der Waals surface area contributed by atoms with Gasteiger partial charge in [0.1, 0.15) is 5.39 Å². The first-order chi connectivity index (χ1) is 16.2. The molecule has 2 N–H and O–H groups in total. The van der Waals surface area contributed by atoms with Crippen molar-refractivity contribution >= 4 is 22.7 Å². The predicted octanol–water partition coefficient (Wildman–Crippen LogP) is 3.65. The Hall–Kier alpha value is -3.52. The summed E-state index contributed by atoms with van der Waals surface area (Å²) in [7, 11) is 0. The van der Waals surface area contributed by atoms with Gasteiger partial charge in [-0.2, -0.15) is 4.98 Å². The van der Waals surface area contributed by atoms with Gasteiger partial charge in [-0.25, -0.2) is 14.3 Å². The number of pyridine rings is 1. The summed E-state index contributed by atoms with van der Waals surface area (Å²) in [5.74, 6) is 0.987. The van der Waals surface area contributed by atoms with E-state index in [4.69, 9.17) is 4.98 Å². The van der Waals surface area contributed by atoms with Crippen molar-refractivity contribution in [3.8, 4) is 5.69 Å². The molecule has 2 aliphatic rings. The van der Waals surface area contributed by atoms with Gasteiger partial charge >= 0.3 is 0 Å². The van der Waals surface area contributed by atoms with Crippen molar-refractivity contribution in [2.75, 3.05) is 11.9 Å². The average Bonchev–Trinajstić information content (AvgIpc) is 3.09. The highest BCUT2D eigenvalue weighted by atomic mass is 16.1. The quantitative estimate of drug-likeness (QED) is 0.491. The molecule has 4 heterocycles. The largest absolute Gasteiger partial charge is 0.324 e. The lowest BCUT2D eigenvalue weighted by Gasteiger charge is -2.25. The predicted molar refractivity (Wildman–Crippen MR) is 128 cm³/mol. The molecule has 0 saturated heterocycles. The smallest absolute Gasteiger partial charge is 0.278 e. The molecule has 1 aliphatic heterocycles. The molecule has 6 rings (SSSR count). The molecule has 1 fully saturated rings. The van der Waals surface area contributed by atoms with Gasteiger partial charge in [-0.3, -0.25) is 9.78 Å². The number of benzene rings is 1. The molecule has 8 nitrogen and oxygen atoms in total. The Labute approximate surface area is 191 Å². The molecule has 8 heteroatoms. The standard InChI is InChI=1S/C25H27N7O/c1-2-31-24(33)21-15-28-25(29-19-7-6-16-8-10-26-14-18(16)12-19)30-23(21)32(31)20-9-11-27-22(13-20)17-4-3-5-17/h6-7,9,11-13,15,17,26H,2-5,8,10,14H2,1H3,(H,28,29,30). The van der Waals surface area contributed by atoms with E-state index >= 15 is 0 Å². The second-order valence-electron chi connectivity index (χ2n) is 8.87. The molecule has 0 radical (unpaired) electrons. The molecule has 3 aromatic heterocycles. The molecule has 0 spiro atoms. The summed E-state index contributed by atoms with van der Waals surface area (Å²) in [5, 5.41) is 7.26. The van der Waals surface area contributed by atoms with Crippen molar-refractivity contribution in [2.45, 2.75) is 51.6 Å². The Morgan fingerprint density at radius 2 is 2.06 bits per heavy atom. The van der Waals surface area contributed by atoms with Crippen molar-refractivity contribution in [2.24, 2.45) is 0 Å². The summed E-state index contributed by atoms with van der Waals surface area (Å²) < 4.78 is 3.62. The van der Waals surface area contributed by atoms with Gasteiger partial charge in [-0.05, 0) is 68.1 Å². The lowest BCUT2D eigenvalue weighted by atomic mass is 9.82. The zero-order chi connectivity index (χ0) is 22.4. The van der Waals surface area contributed by atoms with Crippen LogP contribution in [0.15, 0.2) is 47.5 Å². The Balaban J connectivity index is 1.42. The van der Waals surface area contributed by atoms with E-state index < -0.39 is 0 Å². The summed E-state index contributed by atoms with van der Waals surface area (Å²) in [6, 6.07) is 10.4. The van der Waals surface area contributed by atoms with Crippen molar-refractivity contribution in [1.82, 2.24) is 29.6 Å². The normalized spacial score (nSPS) is 15.9. The first kappa shape index (κ1) is 20.1. The zero-order valence-electron chi connectivity index (χ0n) is 18.7. The van der Waals surface area contributed by atoms with E-state index in [0.29, 0.717) is 29.4 Å². The lowest BCUT2D eigenvalue weighted by Crippen LogP contribution is -2.23. The van der Waals surface area contributed by atoms with Crippen LogP contribution in [0.25, 0.3) is 16.7 Å². The van der Waals surface area contributed by atoms with Gasteiger partial charge in [0.25, 0.3) is 5.56 Å². The third kappa shape index (κ3) is 3.51. The zero-order valence-corrected chi connectivity index (χ0v) is 18.7. The van der Waals surface area contributed by atoms with Crippen LogP contribution in [0.2, 0.25) is 0 Å². The highest BCUT2D eigenvalue weighted by Gasteiger charge is 2.22. The maximum Gasteiger partial charge on any atom is 0.278 e. The number of nitrogens with one attached hydrogen (secondary N) is 2. The minimum Gasteiger partial charge on any atom is -0.324 e. The molecule has 168 valence electrons. The van der Waals surface area contributed by atoms with Gasteiger partial charge in [0.15, 0.2) is 5.65 Å². The van der Waals surface area contributed by atoms with Crippen LogP contribution in [0.4, 0.5) is 11.6 Å². The third-order valence-electron chi connectivity index (χ3n) is 6.86. The van der Waals surface area contributed by atoms with Crippen molar-refractivity contribution in [3.05, 3.63) is 69.9 Å². The number of fused-ring (bicyclic) bond motifs is 2. The molecule has 0 bridgehead atoms. The molecule has 1 aromatic carbocycles. The number of rotatable bonds is 5. The van der Waals surface area contributed by atoms with E-state index in [1.807, 2.05) is 23.9 Å². The van der Waals surface area contributed by atoms with Crippen LogP contribution in [0.1, 0.15) is 48.9 Å². The maximum atomic E-state index is 13.1. The molecule has 0 unspecified atom stereocenters. The van der Waals surface area contributed by atoms with E-state index in [9.17, 15) is 4.79 Å². The molecule has 1 aliphatic carbocycles. The van der Waals surface area contributed by atoms with Gasteiger partial charge in [-0.1, -0.05) is 12.5 Å². The van der Waals surface area contributed by atoms with Crippen molar-refractivity contribution in [1.29, 1.82) is 0 Å². The van der Waals surface area contributed by atoms with Gasteiger partial charge in [0.05, 0.1) is 5.69 Å². The van der Waals surface area contributed by atoms with Crippen LogP contribution >= 0.6 is 0 Å². The van der Waals surface area contributed by atoms with E-state index in [-0.39, 0.29) is 5.56 Å². The van der Waals surface area contributed by atoms with Crippen LogP contribution < -0.4 is 16.2 Å². The fourth-order valence-corrected chi connectivity index (χ4v) is 4.82. The monoisotopic (exact) mass is 441 g/mol. The van der Waals surface area contributed by atoms with Gasteiger partial charge < -0.3 is 10.6 Å². The molecule has 0 amide bonds. The highest BCUT2D eigenvalue weighted by molar-refractivity contribution is 5.77. The Morgan fingerprint density at radius 1 is 1.15 bits per heavy atom. The number of anilines is 2. The first-order valence-electron chi connectivity index (χ1n) is 11.8. The number of aromatic nitrogens is 5. The van der Waals surface area contributed by atoms with Crippen LogP contribution in [0, 0.1) is 0 Å². The summed E-state index contributed by atoms with van der Waals surface area (Å²) in [6.45, 7) is 4.40. The molecule has 1 saturated carbocycles. The number of hydrogen-bond donors (Lipinski definition) is 2. The van der Waals surface area contributed by atoms with E-state index in [1.54, 1.807) is 10.9 Å².